The van der Waals surface area contributed by atoms with Crippen LogP contribution in [0.4, 0.5) is 14.9 Å². The number of nitrogens with zero attached hydrogens (tertiary/aromatic N) is 1. The van der Waals surface area contributed by atoms with Gasteiger partial charge in [-0.25, -0.2) is 9.18 Å². The number of nitrogens with one attached hydrogen (secondary N) is 1. The Kier molecular flexibility index (Phi) is 12.1. The molecule has 45 heavy (non-hydrogen) atoms. The standard InChI is InChI=1S/C30H31FN2O4.C3H8.C2H4O2S/c1-3-19-10-18(2)4-6-25(19)32-30(34)16-33-15-22(23-13-28-29(14-24(23)31)37-17-36-28)12-26(33)20-5-7-27-21(11-20)8-9-35-27;1-3-2;1-5-2(3)4/h4-7,10-11,13-14,22,26H,3,8-9,12,15-17H2,1-2H3,(H,32,34);3H2,1-2H3;1H3,(H,3,4)/t22-,26-;;/m1../s1. The van der Waals surface area contributed by atoms with Gasteiger partial charge in [0.25, 0.3) is 0 Å². The fourth-order valence-electron chi connectivity index (χ4n) is 5.82. The molecule has 1 amide bonds. The van der Waals surface area contributed by atoms with Gasteiger partial charge < -0.3 is 24.6 Å². The topological polar surface area (TPSA) is 97.3 Å². The van der Waals surface area contributed by atoms with Crippen molar-refractivity contribution in [2.24, 2.45) is 0 Å². The zero-order chi connectivity index (χ0) is 32.5. The molecule has 1 saturated heterocycles. The van der Waals surface area contributed by atoms with E-state index in [1.807, 2.05) is 18.2 Å². The minimum absolute atomic E-state index is 0.0184. The summed E-state index contributed by atoms with van der Waals surface area (Å²) in [5, 5.41) is 9.97. The lowest BCUT2D eigenvalue weighted by Gasteiger charge is -2.25. The van der Waals surface area contributed by atoms with Crippen LogP contribution in [-0.2, 0) is 17.6 Å². The number of anilines is 1. The van der Waals surface area contributed by atoms with Crippen LogP contribution in [0.2, 0.25) is 0 Å². The van der Waals surface area contributed by atoms with Gasteiger partial charge in [-0.2, -0.15) is 0 Å². The van der Waals surface area contributed by atoms with E-state index in [-0.39, 0.29) is 37.0 Å². The molecule has 0 unspecified atom stereocenters. The Hall–Kier alpha value is -3.76. The second-order valence-electron chi connectivity index (χ2n) is 11.3. The number of ether oxygens (including phenoxy) is 3. The van der Waals surface area contributed by atoms with Crippen molar-refractivity contribution in [3.63, 3.8) is 0 Å². The third-order valence-corrected chi connectivity index (χ3v) is 8.22. The summed E-state index contributed by atoms with van der Waals surface area (Å²) < 4.78 is 31.7. The molecule has 0 saturated carbocycles. The van der Waals surface area contributed by atoms with Crippen LogP contribution in [0.3, 0.4) is 0 Å². The van der Waals surface area contributed by atoms with Gasteiger partial charge in [-0.05, 0) is 78.2 Å². The van der Waals surface area contributed by atoms with Crippen LogP contribution in [0.1, 0.15) is 73.4 Å². The van der Waals surface area contributed by atoms with Crippen molar-refractivity contribution in [1.82, 2.24) is 4.90 Å². The first kappa shape index (κ1) is 34.1. The van der Waals surface area contributed by atoms with E-state index in [4.69, 9.17) is 19.3 Å². The Morgan fingerprint density at radius 2 is 1.73 bits per heavy atom. The summed E-state index contributed by atoms with van der Waals surface area (Å²) in [5.74, 6) is 1.49. The normalized spacial score (nSPS) is 17.7. The molecule has 3 aromatic carbocycles. The highest BCUT2D eigenvalue weighted by molar-refractivity contribution is 8.12. The van der Waals surface area contributed by atoms with Crippen molar-refractivity contribution < 1.29 is 33.3 Å². The first-order chi connectivity index (χ1) is 21.7. The molecule has 0 aliphatic carbocycles. The SMILES string of the molecule is CCC.CCc1cc(C)ccc1NC(=O)CN1C[C@H](c2cc3c(cc2F)OCO3)C[C@@H]1c1ccc2c(c1)CCO2.CSC(=O)O. The molecule has 3 aliphatic heterocycles. The number of fused-ring (bicyclic) bond motifs is 2. The van der Waals surface area contributed by atoms with E-state index < -0.39 is 5.30 Å². The highest BCUT2D eigenvalue weighted by Gasteiger charge is 2.37. The number of carbonyl (C=O) groups is 2. The summed E-state index contributed by atoms with van der Waals surface area (Å²) in [6.45, 7) is 9.97. The van der Waals surface area contributed by atoms with Gasteiger partial charge in [-0.15, -0.1) is 0 Å². The van der Waals surface area contributed by atoms with Gasteiger partial charge in [0, 0.05) is 36.7 Å². The maximum Gasteiger partial charge on any atom is 0.364 e. The van der Waals surface area contributed by atoms with E-state index in [2.05, 4.69) is 56.1 Å². The van der Waals surface area contributed by atoms with Gasteiger partial charge >= 0.3 is 5.30 Å². The van der Waals surface area contributed by atoms with E-state index >= 15 is 4.39 Å². The average Bonchev–Trinajstić information content (AvgIpc) is 3.77. The molecule has 2 atom stereocenters. The minimum atomic E-state index is -0.829. The van der Waals surface area contributed by atoms with Gasteiger partial charge in [0.05, 0.1) is 13.2 Å². The minimum Gasteiger partial charge on any atom is -0.493 e. The second kappa shape index (κ2) is 16.0. The molecule has 6 rings (SSSR count). The molecule has 3 heterocycles. The number of halogens is 1. The monoisotopic (exact) mass is 638 g/mol. The van der Waals surface area contributed by atoms with Crippen molar-refractivity contribution in [2.75, 3.05) is 38.1 Å². The number of hydrogen-bond acceptors (Lipinski definition) is 7. The first-order valence-corrected chi connectivity index (χ1v) is 16.6. The van der Waals surface area contributed by atoms with Gasteiger partial charge in [-0.1, -0.05) is 57.0 Å². The van der Waals surface area contributed by atoms with Gasteiger partial charge in [0.15, 0.2) is 11.5 Å². The molecule has 3 aliphatic rings. The van der Waals surface area contributed by atoms with Crippen LogP contribution in [0, 0.1) is 12.7 Å². The largest absolute Gasteiger partial charge is 0.493 e. The summed E-state index contributed by atoms with van der Waals surface area (Å²) >= 11 is 0.796. The van der Waals surface area contributed by atoms with Crippen LogP contribution in [0.5, 0.6) is 17.2 Å². The average molecular weight is 639 g/mol. The van der Waals surface area contributed by atoms with Crippen molar-refractivity contribution in [3.8, 4) is 17.2 Å². The number of rotatable bonds is 6. The zero-order valence-electron chi connectivity index (χ0n) is 26.7. The number of amides is 1. The highest BCUT2D eigenvalue weighted by atomic mass is 32.2. The molecule has 0 radical (unpaired) electrons. The number of likely N-dealkylation sites (tertiary alicyclic amines) is 1. The molecular formula is C35H43FN2O6S. The maximum atomic E-state index is 15.1. The first-order valence-electron chi connectivity index (χ1n) is 15.4. The summed E-state index contributed by atoms with van der Waals surface area (Å²) in [5.41, 5.74) is 6.06. The Morgan fingerprint density at radius 1 is 1.02 bits per heavy atom. The van der Waals surface area contributed by atoms with E-state index in [0.29, 0.717) is 36.6 Å². The quantitative estimate of drug-likeness (QED) is 0.281. The molecule has 10 heteroatoms. The van der Waals surface area contributed by atoms with Crippen LogP contribution >= 0.6 is 11.8 Å². The Labute approximate surface area is 269 Å². The third kappa shape index (κ3) is 8.70. The maximum absolute atomic E-state index is 15.1. The molecular weight excluding hydrogens is 595 g/mol. The fraction of sp³-hybridized carbons (Fsp3) is 0.429. The summed E-state index contributed by atoms with van der Waals surface area (Å²) in [6, 6.07) is 15.5. The predicted octanol–water partition coefficient (Wildman–Crippen LogP) is 7.97. The third-order valence-electron chi connectivity index (χ3n) is 7.87. The van der Waals surface area contributed by atoms with Crippen molar-refractivity contribution in [3.05, 3.63) is 82.2 Å². The van der Waals surface area contributed by atoms with Crippen molar-refractivity contribution in [1.29, 1.82) is 0 Å². The second-order valence-corrected chi connectivity index (χ2v) is 12.1. The van der Waals surface area contributed by atoms with Crippen LogP contribution in [0.25, 0.3) is 0 Å². The number of aryl methyl sites for hydroxylation is 2. The Morgan fingerprint density at radius 3 is 2.42 bits per heavy atom. The number of hydrogen-bond donors (Lipinski definition) is 2. The molecule has 2 N–H and O–H groups in total. The zero-order valence-corrected chi connectivity index (χ0v) is 27.5. The molecule has 0 aromatic heterocycles. The fourth-order valence-corrected chi connectivity index (χ4v) is 5.82. The van der Waals surface area contributed by atoms with Crippen LogP contribution < -0.4 is 19.5 Å². The summed E-state index contributed by atoms with van der Waals surface area (Å²) in [6.07, 6.45) is 5.19. The number of thioether (sulfide) groups is 1. The predicted molar refractivity (Wildman–Crippen MR) is 177 cm³/mol. The van der Waals surface area contributed by atoms with E-state index in [0.717, 1.165) is 47.2 Å². The highest BCUT2D eigenvalue weighted by Crippen LogP contribution is 2.45. The number of carbonyl (C=O) groups excluding carboxylic acids is 1. The molecule has 8 nitrogen and oxygen atoms in total. The van der Waals surface area contributed by atoms with Crippen LogP contribution in [0.15, 0.2) is 48.5 Å². The lowest BCUT2D eigenvalue weighted by molar-refractivity contribution is -0.117. The Bertz CT molecular complexity index is 1500. The van der Waals surface area contributed by atoms with Crippen molar-refractivity contribution in [2.45, 2.75) is 65.3 Å². The number of carboxylic acid groups (broad SMARTS) is 1. The molecule has 242 valence electrons. The van der Waals surface area contributed by atoms with E-state index in [1.54, 1.807) is 6.07 Å². The van der Waals surface area contributed by atoms with Crippen LogP contribution in [-0.4, -0.2) is 54.0 Å². The smallest absolute Gasteiger partial charge is 0.364 e. The number of benzene rings is 3. The summed E-state index contributed by atoms with van der Waals surface area (Å²) in [4.78, 5) is 24.8. The van der Waals surface area contributed by atoms with E-state index in [1.165, 1.54) is 29.9 Å². The lowest BCUT2D eigenvalue weighted by atomic mass is 9.92. The van der Waals surface area contributed by atoms with Crippen molar-refractivity contribution >= 4 is 28.7 Å². The Balaban J connectivity index is 0.000000518. The lowest BCUT2D eigenvalue weighted by Crippen LogP contribution is -2.33. The molecule has 0 bridgehead atoms. The molecule has 1 fully saturated rings. The summed E-state index contributed by atoms with van der Waals surface area (Å²) in [7, 11) is 0. The van der Waals surface area contributed by atoms with E-state index in [9.17, 15) is 9.59 Å². The molecule has 3 aromatic rings. The van der Waals surface area contributed by atoms with Gasteiger partial charge in [-0.3, -0.25) is 9.69 Å². The molecule has 0 spiro atoms. The van der Waals surface area contributed by atoms with Gasteiger partial charge in [0.1, 0.15) is 11.6 Å². The van der Waals surface area contributed by atoms with Gasteiger partial charge in [0.2, 0.25) is 12.7 Å².